The molecule has 2 N–H and O–H groups in total. The van der Waals surface area contributed by atoms with E-state index in [0.29, 0.717) is 5.78 Å². The zero-order chi connectivity index (χ0) is 13.5. The predicted molar refractivity (Wildman–Crippen MR) is 74.8 cm³/mol. The minimum Gasteiger partial charge on any atom is -0.328 e. The van der Waals surface area contributed by atoms with E-state index in [0.717, 1.165) is 49.9 Å². The van der Waals surface area contributed by atoms with E-state index in [9.17, 15) is 4.79 Å². The Morgan fingerprint density at radius 1 is 1.32 bits per heavy atom. The molecule has 0 bridgehead atoms. The van der Waals surface area contributed by atoms with Crippen LogP contribution < -0.4 is 5.73 Å². The number of carbonyl (C=O) groups is 1. The van der Waals surface area contributed by atoms with Gasteiger partial charge in [0.1, 0.15) is 5.78 Å². The van der Waals surface area contributed by atoms with Gasteiger partial charge in [0, 0.05) is 17.2 Å². The molecule has 3 nitrogen and oxygen atoms in total. The van der Waals surface area contributed by atoms with Crippen LogP contribution in [0.4, 0.5) is 0 Å². The summed E-state index contributed by atoms with van der Waals surface area (Å²) in [5.74, 6) is 0.408. The molecule has 2 saturated carbocycles. The first kappa shape index (κ1) is 12.8. The van der Waals surface area contributed by atoms with Crippen LogP contribution in [-0.4, -0.2) is 16.8 Å². The highest BCUT2D eigenvalue weighted by molar-refractivity contribution is 5.93. The van der Waals surface area contributed by atoms with E-state index < -0.39 is 0 Å². The standard InChI is InChI=1S/C16H22N2O/c1-11-4-2-6-14(18-11)13-7-9-16(15(13)19)8-3-5-12(17)10-16/h2,4,6,12-13H,3,5,7-10,17H2,1H3/t12-,13?,16-/m0/s1. The Bertz CT molecular complexity index is 499. The van der Waals surface area contributed by atoms with E-state index >= 15 is 0 Å². The Balaban J connectivity index is 1.86. The SMILES string of the molecule is Cc1cccc(C2CC[C@]3(CCC[C@H](N)C3)C2=O)n1. The van der Waals surface area contributed by atoms with Crippen LogP contribution in [-0.2, 0) is 4.79 Å². The van der Waals surface area contributed by atoms with Gasteiger partial charge in [-0.2, -0.15) is 0 Å². The van der Waals surface area contributed by atoms with Gasteiger partial charge in [0.2, 0.25) is 0 Å². The second kappa shape index (κ2) is 4.71. The summed E-state index contributed by atoms with van der Waals surface area (Å²) in [6, 6.07) is 6.19. The highest BCUT2D eigenvalue weighted by Gasteiger charge is 2.49. The molecule has 1 aromatic heterocycles. The van der Waals surface area contributed by atoms with Gasteiger partial charge < -0.3 is 5.73 Å². The molecule has 2 fully saturated rings. The van der Waals surface area contributed by atoms with Crippen LogP contribution in [0.5, 0.6) is 0 Å². The number of rotatable bonds is 1. The fourth-order valence-corrected chi connectivity index (χ4v) is 3.94. The zero-order valence-corrected chi connectivity index (χ0v) is 11.6. The smallest absolute Gasteiger partial charge is 0.148 e. The van der Waals surface area contributed by atoms with Crippen molar-refractivity contribution < 1.29 is 4.79 Å². The third kappa shape index (κ3) is 2.20. The van der Waals surface area contributed by atoms with E-state index in [2.05, 4.69) is 4.98 Å². The third-order valence-corrected chi connectivity index (χ3v) is 4.90. The van der Waals surface area contributed by atoms with Gasteiger partial charge >= 0.3 is 0 Å². The van der Waals surface area contributed by atoms with Gasteiger partial charge in [0.25, 0.3) is 0 Å². The number of hydrogen-bond acceptors (Lipinski definition) is 3. The minimum absolute atomic E-state index is 0.00481. The van der Waals surface area contributed by atoms with Crippen LogP contribution in [0.15, 0.2) is 18.2 Å². The quantitative estimate of drug-likeness (QED) is 0.842. The maximum atomic E-state index is 12.8. The molecule has 19 heavy (non-hydrogen) atoms. The average molecular weight is 258 g/mol. The molecule has 1 aromatic rings. The first-order chi connectivity index (χ1) is 9.11. The summed E-state index contributed by atoms with van der Waals surface area (Å²) in [6.45, 7) is 1.98. The van der Waals surface area contributed by atoms with E-state index in [1.165, 1.54) is 0 Å². The molecule has 2 aliphatic rings. The van der Waals surface area contributed by atoms with Crippen LogP contribution >= 0.6 is 0 Å². The number of nitrogens with zero attached hydrogens (tertiary/aromatic N) is 1. The summed E-state index contributed by atoms with van der Waals surface area (Å²) in [5, 5.41) is 0. The van der Waals surface area contributed by atoms with Crippen molar-refractivity contribution in [1.29, 1.82) is 0 Å². The first-order valence-electron chi connectivity index (χ1n) is 7.34. The average Bonchev–Trinajstić information content (AvgIpc) is 2.67. The molecular weight excluding hydrogens is 236 g/mol. The molecule has 3 atom stereocenters. The monoisotopic (exact) mass is 258 g/mol. The normalized spacial score (nSPS) is 34.9. The lowest BCUT2D eigenvalue weighted by molar-refractivity contribution is -0.128. The molecule has 0 aliphatic heterocycles. The van der Waals surface area contributed by atoms with Crippen LogP contribution in [0.1, 0.15) is 55.8 Å². The van der Waals surface area contributed by atoms with Gasteiger partial charge in [0.15, 0.2) is 0 Å². The van der Waals surface area contributed by atoms with E-state index in [1.54, 1.807) is 0 Å². The molecule has 0 aromatic carbocycles. The van der Waals surface area contributed by atoms with Crippen LogP contribution in [0.3, 0.4) is 0 Å². The molecule has 0 saturated heterocycles. The van der Waals surface area contributed by atoms with Crippen molar-refractivity contribution >= 4 is 5.78 Å². The van der Waals surface area contributed by atoms with Crippen molar-refractivity contribution in [3.05, 3.63) is 29.6 Å². The predicted octanol–water partition coefficient (Wildman–Crippen LogP) is 2.72. The summed E-state index contributed by atoms with van der Waals surface area (Å²) in [7, 11) is 0. The molecule has 102 valence electrons. The van der Waals surface area contributed by atoms with Crippen LogP contribution in [0.25, 0.3) is 0 Å². The van der Waals surface area contributed by atoms with Crippen molar-refractivity contribution in [2.75, 3.05) is 0 Å². The number of aromatic nitrogens is 1. The Labute approximate surface area is 114 Å². The molecule has 3 rings (SSSR count). The van der Waals surface area contributed by atoms with Gasteiger partial charge in [-0.05, 0) is 51.2 Å². The largest absolute Gasteiger partial charge is 0.328 e. The molecule has 1 heterocycles. The number of hydrogen-bond donors (Lipinski definition) is 1. The van der Waals surface area contributed by atoms with Crippen LogP contribution in [0, 0.1) is 12.3 Å². The summed E-state index contributed by atoms with van der Waals surface area (Å²) in [5.41, 5.74) is 7.91. The molecule has 0 amide bonds. The summed E-state index contributed by atoms with van der Waals surface area (Å²) < 4.78 is 0. The lowest BCUT2D eigenvalue weighted by Crippen LogP contribution is -2.39. The molecule has 3 heteroatoms. The van der Waals surface area contributed by atoms with E-state index in [4.69, 9.17) is 5.73 Å². The van der Waals surface area contributed by atoms with Gasteiger partial charge in [-0.3, -0.25) is 9.78 Å². The Morgan fingerprint density at radius 2 is 2.16 bits per heavy atom. The third-order valence-electron chi connectivity index (χ3n) is 4.90. The number of carbonyl (C=O) groups excluding carboxylic acids is 1. The van der Waals surface area contributed by atoms with Crippen molar-refractivity contribution in [3.8, 4) is 0 Å². The Morgan fingerprint density at radius 3 is 2.89 bits per heavy atom. The Hall–Kier alpha value is -1.22. The fourth-order valence-electron chi connectivity index (χ4n) is 3.94. The van der Waals surface area contributed by atoms with Crippen molar-refractivity contribution in [2.45, 2.75) is 57.4 Å². The summed E-state index contributed by atoms with van der Waals surface area (Å²) in [4.78, 5) is 17.4. The second-order valence-corrected chi connectivity index (χ2v) is 6.30. The lowest BCUT2D eigenvalue weighted by atomic mass is 9.70. The van der Waals surface area contributed by atoms with E-state index in [-0.39, 0.29) is 17.4 Å². The highest BCUT2D eigenvalue weighted by Crippen LogP contribution is 2.50. The molecule has 1 spiro atoms. The van der Waals surface area contributed by atoms with Crippen LogP contribution in [0.2, 0.25) is 0 Å². The highest BCUT2D eigenvalue weighted by atomic mass is 16.1. The fraction of sp³-hybridized carbons (Fsp3) is 0.625. The summed E-state index contributed by atoms with van der Waals surface area (Å²) in [6.07, 6.45) is 6.03. The maximum absolute atomic E-state index is 12.8. The molecular formula is C16H22N2O. The van der Waals surface area contributed by atoms with Crippen molar-refractivity contribution in [1.82, 2.24) is 4.98 Å². The minimum atomic E-state index is -0.131. The maximum Gasteiger partial charge on any atom is 0.148 e. The van der Waals surface area contributed by atoms with Gasteiger partial charge in [0.05, 0.1) is 11.6 Å². The van der Waals surface area contributed by atoms with Gasteiger partial charge in [-0.15, -0.1) is 0 Å². The van der Waals surface area contributed by atoms with Gasteiger partial charge in [-0.25, -0.2) is 0 Å². The molecule has 0 radical (unpaired) electrons. The number of pyridine rings is 1. The zero-order valence-electron chi connectivity index (χ0n) is 11.6. The van der Waals surface area contributed by atoms with E-state index in [1.807, 2.05) is 25.1 Å². The van der Waals surface area contributed by atoms with Crippen molar-refractivity contribution in [3.63, 3.8) is 0 Å². The van der Waals surface area contributed by atoms with Gasteiger partial charge in [-0.1, -0.05) is 12.5 Å². The second-order valence-electron chi connectivity index (χ2n) is 6.30. The number of aryl methyl sites for hydroxylation is 1. The lowest BCUT2D eigenvalue weighted by Gasteiger charge is -2.35. The molecule has 2 aliphatic carbocycles. The first-order valence-corrected chi connectivity index (χ1v) is 7.34. The number of nitrogens with two attached hydrogens (primary N) is 1. The Kier molecular flexibility index (Phi) is 3.17. The number of Topliss-reactive ketones (excluding diaryl/α,β-unsaturated/α-hetero) is 1. The molecule has 1 unspecified atom stereocenters. The summed E-state index contributed by atoms with van der Waals surface area (Å²) >= 11 is 0. The number of ketones is 1. The van der Waals surface area contributed by atoms with Crippen molar-refractivity contribution in [2.24, 2.45) is 11.1 Å². The topological polar surface area (TPSA) is 56.0 Å².